The van der Waals surface area contributed by atoms with Gasteiger partial charge in [0.1, 0.15) is 5.82 Å². The predicted molar refractivity (Wildman–Crippen MR) is 77.1 cm³/mol. The number of rotatable bonds is 2. The summed E-state index contributed by atoms with van der Waals surface area (Å²) in [6, 6.07) is 5.70. The summed E-state index contributed by atoms with van der Waals surface area (Å²) in [6.45, 7) is 7.80. The van der Waals surface area contributed by atoms with Crippen LogP contribution in [-0.4, -0.2) is 25.7 Å². The summed E-state index contributed by atoms with van der Waals surface area (Å²) in [5.41, 5.74) is 2.71. The lowest BCUT2D eigenvalue weighted by Crippen LogP contribution is -2.52. The second kappa shape index (κ2) is 4.78. The maximum atomic E-state index is 13.4. The smallest absolute Gasteiger partial charge is 0.125 e. The lowest BCUT2D eigenvalue weighted by atomic mass is 9.77. The Kier molecular flexibility index (Phi) is 3.25. The van der Waals surface area contributed by atoms with Crippen LogP contribution in [0.2, 0.25) is 0 Å². The highest BCUT2D eigenvalue weighted by atomic mass is 19.1. The van der Waals surface area contributed by atoms with Gasteiger partial charge in [0.25, 0.3) is 0 Å². The van der Waals surface area contributed by atoms with Crippen molar-refractivity contribution in [2.45, 2.75) is 39.2 Å². The van der Waals surface area contributed by atoms with E-state index in [1.165, 1.54) is 18.4 Å². The SMILES string of the molecule is CC1(C)CCCNC1CN1CCc2ccc(F)cc21. The number of hydrogen-bond acceptors (Lipinski definition) is 2. The van der Waals surface area contributed by atoms with Crippen molar-refractivity contribution in [3.63, 3.8) is 0 Å². The summed E-state index contributed by atoms with van der Waals surface area (Å²) < 4.78 is 13.4. The van der Waals surface area contributed by atoms with Crippen LogP contribution in [0.3, 0.4) is 0 Å². The molecule has 1 aromatic carbocycles. The third kappa shape index (κ3) is 2.48. The predicted octanol–water partition coefficient (Wildman–Crippen LogP) is 2.97. The van der Waals surface area contributed by atoms with Crippen molar-refractivity contribution in [2.75, 3.05) is 24.5 Å². The Balaban J connectivity index is 1.77. The minimum absolute atomic E-state index is 0.124. The molecule has 1 aromatic rings. The first-order chi connectivity index (χ1) is 9.06. The van der Waals surface area contributed by atoms with E-state index in [1.54, 1.807) is 12.1 Å². The highest BCUT2D eigenvalue weighted by Gasteiger charge is 2.34. The van der Waals surface area contributed by atoms with Crippen LogP contribution in [0, 0.1) is 11.2 Å². The molecule has 0 aromatic heterocycles. The van der Waals surface area contributed by atoms with E-state index < -0.39 is 0 Å². The highest BCUT2D eigenvalue weighted by molar-refractivity contribution is 5.58. The van der Waals surface area contributed by atoms with Gasteiger partial charge < -0.3 is 10.2 Å². The zero-order valence-electron chi connectivity index (χ0n) is 11.9. The second-order valence-corrected chi connectivity index (χ2v) is 6.57. The maximum Gasteiger partial charge on any atom is 0.125 e. The number of anilines is 1. The fraction of sp³-hybridized carbons (Fsp3) is 0.625. The number of piperidine rings is 1. The van der Waals surface area contributed by atoms with Gasteiger partial charge in [-0.05, 0) is 48.9 Å². The topological polar surface area (TPSA) is 15.3 Å². The van der Waals surface area contributed by atoms with E-state index in [9.17, 15) is 4.39 Å². The van der Waals surface area contributed by atoms with Crippen molar-refractivity contribution in [1.82, 2.24) is 5.32 Å². The summed E-state index contributed by atoms with van der Waals surface area (Å²) >= 11 is 0. The molecule has 3 rings (SSSR count). The van der Waals surface area contributed by atoms with Gasteiger partial charge in [-0.3, -0.25) is 0 Å². The number of halogens is 1. The van der Waals surface area contributed by atoms with Crippen molar-refractivity contribution >= 4 is 5.69 Å². The van der Waals surface area contributed by atoms with Gasteiger partial charge in [0.2, 0.25) is 0 Å². The molecule has 1 N–H and O–H groups in total. The fourth-order valence-corrected chi connectivity index (χ4v) is 3.41. The molecule has 1 unspecified atom stereocenters. The molecule has 2 nitrogen and oxygen atoms in total. The summed E-state index contributed by atoms with van der Waals surface area (Å²) in [5, 5.41) is 3.65. The first-order valence-electron chi connectivity index (χ1n) is 7.33. The molecule has 0 amide bonds. The molecule has 0 spiro atoms. The van der Waals surface area contributed by atoms with E-state index in [0.29, 0.717) is 11.5 Å². The van der Waals surface area contributed by atoms with E-state index in [1.807, 2.05) is 6.07 Å². The minimum Gasteiger partial charge on any atom is -0.369 e. The van der Waals surface area contributed by atoms with Gasteiger partial charge in [0.05, 0.1) is 0 Å². The molecule has 104 valence electrons. The Morgan fingerprint density at radius 3 is 3.05 bits per heavy atom. The van der Waals surface area contributed by atoms with Crippen LogP contribution in [0.4, 0.5) is 10.1 Å². The van der Waals surface area contributed by atoms with Crippen LogP contribution < -0.4 is 10.2 Å². The Bertz CT molecular complexity index is 470. The van der Waals surface area contributed by atoms with Crippen LogP contribution in [0.1, 0.15) is 32.3 Å². The Labute approximate surface area is 115 Å². The zero-order valence-corrected chi connectivity index (χ0v) is 11.9. The summed E-state index contributed by atoms with van der Waals surface area (Å²) in [5.74, 6) is -0.124. The number of hydrogen-bond donors (Lipinski definition) is 1. The van der Waals surface area contributed by atoms with Gasteiger partial charge in [-0.25, -0.2) is 4.39 Å². The molecule has 0 aliphatic carbocycles. The fourth-order valence-electron chi connectivity index (χ4n) is 3.41. The van der Waals surface area contributed by atoms with Gasteiger partial charge in [-0.1, -0.05) is 19.9 Å². The van der Waals surface area contributed by atoms with Gasteiger partial charge in [-0.2, -0.15) is 0 Å². The third-order valence-corrected chi connectivity index (χ3v) is 4.77. The first-order valence-corrected chi connectivity index (χ1v) is 7.33. The van der Waals surface area contributed by atoms with Gasteiger partial charge in [0.15, 0.2) is 0 Å². The van der Waals surface area contributed by atoms with Crippen LogP contribution in [0.5, 0.6) is 0 Å². The Morgan fingerprint density at radius 2 is 2.26 bits per heavy atom. The number of fused-ring (bicyclic) bond motifs is 1. The molecule has 2 aliphatic heterocycles. The molecule has 19 heavy (non-hydrogen) atoms. The standard InChI is InChI=1S/C16H23FN2/c1-16(2)7-3-8-18-15(16)11-19-9-6-12-4-5-13(17)10-14(12)19/h4-5,10,15,18H,3,6-9,11H2,1-2H3. The van der Waals surface area contributed by atoms with Crippen molar-refractivity contribution in [2.24, 2.45) is 5.41 Å². The molecule has 0 bridgehead atoms. The Morgan fingerprint density at radius 1 is 1.42 bits per heavy atom. The molecule has 2 heterocycles. The van der Waals surface area contributed by atoms with Crippen LogP contribution >= 0.6 is 0 Å². The van der Waals surface area contributed by atoms with Crippen molar-refractivity contribution in [3.8, 4) is 0 Å². The van der Waals surface area contributed by atoms with E-state index >= 15 is 0 Å². The first kappa shape index (κ1) is 12.9. The van der Waals surface area contributed by atoms with Crippen LogP contribution in [-0.2, 0) is 6.42 Å². The molecule has 3 heteroatoms. The second-order valence-electron chi connectivity index (χ2n) is 6.57. The van der Waals surface area contributed by atoms with E-state index in [2.05, 4.69) is 24.1 Å². The van der Waals surface area contributed by atoms with E-state index in [0.717, 1.165) is 31.7 Å². The van der Waals surface area contributed by atoms with Crippen molar-refractivity contribution in [3.05, 3.63) is 29.6 Å². The monoisotopic (exact) mass is 262 g/mol. The molecule has 1 saturated heterocycles. The average molecular weight is 262 g/mol. The largest absolute Gasteiger partial charge is 0.369 e. The minimum atomic E-state index is -0.124. The number of benzene rings is 1. The Hall–Kier alpha value is -1.09. The molecular formula is C16H23FN2. The molecular weight excluding hydrogens is 239 g/mol. The highest BCUT2D eigenvalue weighted by Crippen LogP contribution is 2.34. The third-order valence-electron chi connectivity index (χ3n) is 4.77. The number of nitrogens with zero attached hydrogens (tertiary/aromatic N) is 1. The van der Waals surface area contributed by atoms with Crippen molar-refractivity contribution in [1.29, 1.82) is 0 Å². The molecule has 1 atom stereocenters. The van der Waals surface area contributed by atoms with Gasteiger partial charge in [-0.15, -0.1) is 0 Å². The number of nitrogens with one attached hydrogen (secondary N) is 1. The quantitative estimate of drug-likeness (QED) is 0.881. The average Bonchev–Trinajstić information content (AvgIpc) is 2.74. The summed E-state index contributed by atoms with van der Waals surface area (Å²) in [4.78, 5) is 2.35. The summed E-state index contributed by atoms with van der Waals surface area (Å²) in [6.07, 6.45) is 3.58. The van der Waals surface area contributed by atoms with Crippen LogP contribution in [0.25, 0.3) is 0 Å². The van der Waals surface area contributed by atoms with E-state index in [4.69, 9.17) is 0 Å². The molecule has 0 saturated carbocycles. The lowest BCUT2D eigenvalue weighted by Gasteiger charge is -2.41. The molecule has 1 fully saturated rings. The van der Waals surface area contributed by atoms with Gasteiger partial charge in [0, 0.05) is 24.8 Å². The van der Waals surface area contributed by atoms with Crippen molar-refractivity contribution < 1.29 is 4.39 Å². The molecule has 0 radical (unpaired) electrons. The summed E-state index contributed by atoms with van der Waals surface area (Å²) in [7, 11) is 0. The van der Waals surface area contributed by atoms with Gasteiger partial charge >= 0.3 is 0 Å². The molecule has 2 aliphatic rings. The van der Waals surface area contributed by atoms with E-state index in [-0.39, 0.29) is 5.82 Å². The lowest BCUT2D eigenvalue weighted by molar-refractivity contribution is 0.183. The zero-order chi connectivity index (χ0) is 13.5. The van der Waals surface area contributed by atoms with Crippen LogP contribution in [0.15, 0.2) is 18.2 Å². The maximum absolute atomic E-state index is 13.4. The normalized spacial score (nSPS) is 25.4.